The van der Waals surface area contributed by atoms with E-state index in [0.29, 0.717) is 6.04 Å². The highest BCUT2D eigenvalue weighted by atomic mass is 15.1. The fraction of sp³-hybridized carbons (Fsp3) is 0.538. The molecular formula is C13H22N2. The maximum Gasteiger partial charge on any atom is 0.0367 e. The van der Waals surface area contributed by atoms with Crippen molar-refractivity contribution in [1.82, 2.24) is 0 Å². The van der Waals surface area contributed by atoms with E-state index < -0.39 is 0 Å². The first-order valence-electron chi connectivity index (χ1n) is 5.41. The Kier molecular flexibility index (Phi) is 3.28. The maximum absolute atomic E-state index is 5.67. The summed E-state index contributed by atoms with van der Waals surface area (Å²) in [6.45, 7) is 9.01. The first-order valence-corrected chi connectivity index (χ1v) is 5.41. The average Bonchev–Trinajstić information content (AvgIpc) is 2.15. The molecule has 2 N–H and O–H groups in total. The second kappa shape index (κ2) is 4.13. The molecule has 0 aliphatic rings. The van der Waals surface area contributed by atoms with Crippen LogP contribution in [0.5, 0.6) is 0 Å². The summed E-state index contributed by atoms with van der Waals surface area (Å²) in [6.07, 6.45) is 0. The summed E-state index contributed by atoms with van der Waals surface area (Å²) in [4.78, 5) is 2.29. The molecule has 2 nitrogen and oxygen atoms in total. The van der Waals surface area contributed by atoms with Crippen LogP contribution in [0.1, 0.15) is 27.7 Å². The number of nitrogens with two attached hydrogens (primary N) is 1. The van der Waals surface area contributed by atoms with E-state index in [1.807, 2.05) is 12.1 Å². The predicted octanol–water partition coefficient (Wildman–Crippen LogP) is 3.14. The van der Waals surface area contributed by atoms with Gasteiger partial charge in [0.15, 0.2) is 0 Å². The SMILES string of the molecule is CC(N(C)c1ccc(N)cc1)C(C)(C)C. The number of hydrogen-bond acceptors (Lipinski definition) is 2. The van der Waals surface area contributed by atoms with Crippen LogP contribution in [0.4, 0.5) is 11.4 Å². The monoisotopic (exact) mass is 206 g/mol. The van der Waals surface area contributed by atoms with Gasteiger partial charge in [0.05, 0.1) is 0 Å². The molecule has 1 aromatic rings. The quantitative estimate of drug-likeness (QED) is 0.753. The molecule has 15 heavy (non-hydrogen) atoms. The molecule has 1 atom stereocenters. The molecule has 0 spiro atoms. The summed E-state index contributed by atoms with van der Waals surface area (Å²) in [5, 5.41) is 0. The topological polar surface area (TPSA) is 29.3 Å². The Morgan fingerprint density at radius 3 is 2.00 bits per heavy atom. The van der Waals surface area contributed by atoms with Gasteiger partial charge in [-0.15, -0.1) is 0 Å². The molecule has 0 bridgehead atoms. The molecule has 0 heterocycles. The van der Waals surface area contributed by atoms with Crippen molar-refractivity contribution in [2.45, 2.75) is 33.7 Å². The van der Waals surface area contributed by atoms with E-state index in [4.69, 9.17) is 5.73 Å². The number of anilines is 2. The van der Waals surface area contributed by atoms with Crippen LogP contribution in [-0.4, -0.2) is 13.1 Å². The summed E-state index contributed by atoms with van der Waals surface area (Å²) >= 11 is 0. The van der Waals surface area contributed by atoms with Gasteiger partial charge in [0.1, 0.15) is 0 Å². The number of hydrogen-bond donors (Lipinski definition) is 1. The van der Waals surface area contributed by atoms with Gasteiger partial charge in [0, 0.05) is 24.5 Å². The third kappa shape index (κ3) is 2.88. The van der Waals surface area contributed by atoms with Gasteiger partial charge in [-0.3, -0.25) is 0 Å². The van der Waals surface area contributed by atoms with Crippen LogP contribution in [0.25, 0.3) is 0 Å². The van der Waals surface area contributed by atoms with Gasteiger partial charge in [0.25, 0.3) is 0 Å². The van der Waals surface area contributed by atoms with Gasteiger partial charge in [0.2, 0.25) is 0 Å². The lowest BCUT2D eigenvalue weighted by Gasteiger charge is -2.36. The Morgan fingerprint density at radius 1 is 1.13 bits per heavy atom. The lowest BCUT2D eigenvalue weighted by atomic mass is 9.87. The Labute approximate surface area is 93.1 Å². The Balaban J connectivity index is 2.85. The molecule has 1 rings (SSSR count). The molecule has 0 radical (unpaired) electrons. The molecule has 0 amide bonds. The van der Waals surface area contributed by atoms with Gasteiger partial charge in [-0.1, -0.05) is 20.8 Å². The summed E-state index contributed by atoms with van der Waals surface area (Å²) in [5.74, 6) is 0. The van der Waals surface area contributed by atoms with Crippen molar-refractivity contribution < 1.29 is 0 Å². The third-order valence-corrected chi connectivity index (χ3v) is 3.13. The normalized spacial score (nSPS) is 13.7. The highest BCUT2D eigenvalue weighted by molar-refractivity contribution is 5.53. The molecule has 84 valence electrons. The van der Waals surface area contributed by atoms with Gasteiger partial charge in [-0.05, 0) is 36.6 Å². The Hall–Kier alpha value is -1.18. The highest BCUT2D eigenvalue weighted by Gasteiger charge is 2.23. The van der Waals surface area contributed by atoms with Crippen LogP contribution in [0, 0.1) is 5.41 Å². The van der Waals surface area contributed by atoms with E-state index in [1.54, 1.807) is 0 Å². The molecule has 0 aliphatic carbocycles. The van der Waals surface area contributed by atoms with E-state index >= 15 is 0 Å². The number of nitrogen functional groups attached to an aromatic ring is 1. The van der Waals surface area contributed by atoms with E-state index in [9.17, 15) is 0 Å². The zero-order valence-electron chi connectivity index (χ0n) is 10.4. The summed E-state index contributed by atoms with van der Waals surface area (Å²) in [6, 6.07) is 8.51. The Bertz CT molecular complexity index is 308. The zero-order valence-corrected chi connectivity index (χ0v) is 10.4. The fourth-order valence-corrected chi connectivity index (χ4v) is 1.51. The van der Waals surface area contributed by atoms with Crippen molar-refractivity contribution in [3.8, 4) is 0 Å². The predicted molar refractivity (Wildman–Crippen MR) is 68.2 cm³/mol. The lowest BCUT2D eigenvalue weighted by molar-refractivity contribution is 0.330. The highest BCUT2D eigenvalue weighted by Crippen LogP contribution is 2.27. The minimum absolute atomic E-state index is 0.274. The van der Waals surface area contributed by atoms with Crippen molar-refractivity contribution in [3.05, 3.63) is 24.3 Å². The number of nitrogens with zero attached hydrogens (tertiary/aromatic N) is 1. The van der Waals surface area contributed by atoms with Crippen molar-refractivity contribution in [3.63, 3.8) is 0 Å². The molecular weight excluding hydrogens is 184 g/mol. The second-order valence-electron chi connectivity index (χ2n) is 5.24. The summed E-state index contributed by atoms with van der Waals surface area (Å²) in [7, 11) is 2.13. The molecule has 0 aromatic heterocycles. The van der Waals surface area contributed by atoms with Gasteiger partial charge in [-0.2, -0.15) is 0 Å². The largest absolute Gasteiger partial charge is 0.399 e. The third-order valence-electron chi connectivity index (χ3n) is 3.13. The summed E-state index contributed by atoms with van der Waals surface area (Å²) < 4.78 is 0. The molecule has 0 saturated heterocycles. The second-order valence-corrected chi connectivity index (χ2v) is 5.24. The average molecular weight is 206 g/mol. The van der Waals surface area contributed by atoms with Gasteiger partial charge in [-0.25, -0.2) is 0 Å². The van der Waals surface area contributed by atoms with Crippen molar-refractivity contribution in [1.29, 1.82) is 0 Å². The summed E-state index contributed by atoms with van der Waals surface area (Å²) in [5.41, 5.74) is 7.97. The molecule has 1 unspecified atom stereocenters. The van der Waals surface area contributed by atoms with Gasteiger partial charge >= 0.3 is 0 Å². The van der Waals surface area contributed by atoms with Gasteiger partial charge < -0.3 is 10.6 Å². The molecule has 0 fully saturated rings. The van der Waals surface area contributed by atoms with Crippen LogP contribution < -0.4 is 10.6 Å². The molecule has 0 saturated carbocycles. The Morgan fingerprint density at radius 2 is 1.60 bits per heavy atom. The van der Waals surface area contributed by atoms with E-state index in [2.05, 4.69) is 51.8 Å². The lowest BCUT2D eigenvalue weighted by Crippen LogP contribution is -2.39. The van der Waals surface area contributed by atoms with Crippen molar-refractivity contribution in [2.75, 3.05) is 17.7 Å². The number of rotatable bonds is 2. The smallest absolute Gasteiger partial charge is 0.0367 e. The fourth-order valence-electron chi connectivity index (χ4n) is 1.51. The van der Waals surface area contributed by atoms with Crippen LogP contribution >= 0.6 is 0 Å². The minimum atomic E-state index is 0.274. The molecule has 2 heteroatoms. The maximum atomic E-state index is 5.67. The van der Waals surface area contributed by atoms with Crippen molar-refractivity contribution >= 4 is 11.4 Å². The van der Waals surface area contributed by atoms with E-state index in [1.165, 1.54) is 5.69 Å². The van der Waals surface area contributed by atoms with E-state index in [0.717, 1.165) is 5.69 Å². The minimum Gasteiger partial charge on any atom is -0.399 e. The van der Waals surface area contributed by atoms with Crippen LogP contribution in [0.15, 0.2) is 24.3 Å². The van der Waals surface area contributed by atoms with E-state index in [-0.39, 0.29) is 5.41 Å². The van der Waals surface area contributed by atoms with Crippen molar-refractivity contribution in [2.24, 2.45) is 5.41 Å². The first kappa shape index (κ1) is 11.9. The molecule has 0 aliphatic heterocycles. The first-order chi connectivity index (χ1) is 6.82. The standard InChI is InChI=1S/C13H22N2/c1-10(13(2,3)4)15(5)12-8-6-11(14)7-9-12/h6-10H,14H2,1-5H3. The van der Waals surface area contributed by atoms with Crippen LogP contribution in [0.2, 0.25) is 0 Å². The van der Waals surface area contributed by atoms with Crippen LogP contribution in [-0.2, 0) is 0 Å². The zero-order chi connectivity index (χ0) is 11.6. The molecule has 1 aromatic carbocycles. The number of benzene rings is 1. The van der Waals surface area contributed by atoms with Crippen LogP contribution in [0.3, 0.4) is 0 Å².